The number of methoxy groups -OCH3 is 1. The Morgan fingerprint density at radius 2 is 1.76 bits per heavy atom. The molecule has 1 fully saturated rings. The number of carbonyl (C=O) groups excluding carboxylic acids is 2. The SMILES string of the molecule is COc1ccc(C=C2SC(=Nc3ccc(Cl)cc3)NC2=O)cc1OC(=O)c1ccc(C)cc1. The number of aryl methyl sites for hydroxylation is 1. The van der Waals surface area contributed by atoms with Crippen LogP contribution < -0.4 is 14.8 Å². The van der Waals surface area contributed by atoms with Gasteiger partial charge >= 0.3 is 5.97 Å². The van der Waals surface area contributed by atoms with Gasteiger partial charge in [0.25, 0.3) is 5.91 Å². The fourth-order valence-corrected chi connectivity index (χ4v) is 3.94. The number of thioether (sulfide) groups is 1. The molecule has 6 nitrogen and oxygen atoms in total. The van der Waals surface area contributed by atoms with Gasteiger partial charge in [0.1, 0.15) is 0 Å². The molecule has 1 saturated heterocycles. The Hall–Kier alpha value is -3.55. The summed E-state index contributed by atoms with van der Waals surface area (Å²) >= 11 is 7.12. The molecular formula is C25H19ClN2O4S. The van der Waals surface area contributed by atoms with Crippen LogP contribution in [0.3, 0.4) is 0 Å². The summed E-state index contributed by atoms with van der Waals surface area (Å²) in [4.78, 5) is 29.9. The van der Waals surface area contributed by atoms with Crippen LogP contribution in [-0.4, -0.2) is 24.2 Å². The largest absolute Gasteiger partial charge is 0.493 e. The van der Waals surface area contributed by atoms with Gasteiger partial charge in [0, 0.05) is 5.02 Å². The summed E-state index contributed by atoms with van der Waals surface area (Å²) in [5.41, 5.74) is 2.83. The second kappa shape index (κ2) is 9.94. The average Bonchev–Trinajstić information content (AvgIpc) is 3.14. The number of esters is 1. The van der Waals surface area contributed by atoms with Gasteiger partial charge in [0.15, 0.2) is 16.7 Å². The molecule has 0 radical (unpaired) electrons. The Kier molecular flexibility index (Phi) is 6.82. The van der Waals surface area contributed by atoms with Crippen molar-refractivity contribution < 1.29 is 19.1 Å². The van der Waals surface area contributed by atoms with Crippen molar-refractivity contribution in [1.82, 2.24) is 5.32 Å². The van der Waals surface area contributed by atoms with E-state index in [1.165, 1.54) is 18.9 Å². The van der Waals surface area contributed by atoms with Gasteiger partial charge in [-0.25, -0.2) is 9.79 Å². The predicted molar refractivity (Wildman–Crippen MR) is 131 cm³/mol. The Morgan fingerprint density at radius 3 is 2.45 bits per heavy atom. The van der Waals surface area contributed by atoms with E-state index < -0.39 is 5.97 Å². The van der Waals surface area contributed by atoms with Gasteiger partial charge in [0.2, 0.25) is 0 Å². The number of ether oxygens (including phenoxy) is 2. The number of nitrogens with one attached hydrogen (secondary N) is 1. The molecule has 0 atom stereocenters. The zero-order valence-electron chi connectivity index (χ0n) is 17.8. The highest BCUT2D eigenvalue weighted by Crippen LogP contribution is 2.33. The van der Waals surface area contributed by atoms with E-state index in [9.17, 15) is 9.59 Å². The molecule has 0 bridgehead atoms. The van der Waals surface area contributed by atoms with Gasteiger partial charge in [-0.3, -0.25) is 4.79 Å². The molecule has 1 N–H and O–H groups in total. The first-order valence-corrected chi connectivity index (χ1v) is 11.1. The van der Waals surface area contributed by atoms with Crippen molar-refractivity contribution in [1.29, 1.82) is 0 Å². The molecule has 1 heterocycles. The van der Waals surface area contributed by atoms with E-state index in [4.69, 9.17) is 21.1 Å². The standard InChI is InChI=1S/C25H19ClN2O4S/c1-15-3-6-17(7-4-15)24(30)32-21-13-16(5-12-20(21)31-2)14-22-23(29)28-25(33-22)27-19-10-8-18(26)9-11-19/h3-14H,1-2H3,(H,27,28,29). The van der Waals surface area contributed by atoms with Gasteiger partial charge in [0.05, 0.1) is 23.3 Å². The summed E-state index contributed by atoms with van der Waals surface area (Å²) in [6.45, 7) is 1.94. The number of rotatable bonds is 5. The van der Waals surface area contributed by atoms with Gasteiger partial charge in [-0.1, -0.05) is 35.4 Å². The van der Waals surface area contributed by atoms with E-state index in [0.29, 0.717) is 37.7 Å². The zero-order chi connectivity index (χ0) is 23.4. The van der Waals surface area contributed by atoms with Crippen molar-refractivity contribution in [3.05, 3.63) is 93.3 Å². The highest BCUT2D eigenvalue weighted by molar-refractivity contribution is 8.18. The molecule has 4 rings (SSSR count). The van der Waals surface area contributed by atoms with Crippen LogP contribution in [0.4, 0.5) is 5.69 Å². The van der Waals surface area contributed by atoms with Gasteiger partial charge in [-0.05, 0) is 78.9 Å². The molecule has 166 valence electrons. The summed E-state index contributed by atoms with van der Waals surface area (Å²) in [6, 6.07) is 19.2. The molecule has 1 aliphatic rings. The first-order chi connectivity index (χ1) is 15.9. The highest BCUT2D eigenvalue weighted by Gasteiger charge is 2.24. The van der Waals surface area contributed by atoms with Crippen molar-refractivity contribution in [2.75, 3.05) is 7.11 Å². The van der Waals surface area contributed by atoms with Gasteiger partial charge in [-0.15, -0.1) is 0 Å². The molecule has 0 saturated carbocycles. The molecule has 1 aliphatic heterocycles. The maximum Gasteiger partial charge on any atom is 0.343 e. The third-order valence-corrected chi connectivity index (χ3v) is 5.85. The first-order valence-electron chi connectivity index (χ1n) is 9.93. The second-order valence-corrected chi connectivity index (χ2v) is 8.59. The number of amidine groups is 1. The molecule has 3 aromatic carbocycles. The highest BCUT2D eigenvalue weighted by atomic mass is 35.5. The van der Waals surface area contributed by atoms with Crippen molar-refractivity contribution in [3.8, 4) is 11.5 Å². The van der Waals surface area contributed by atoms with Crippen LogP contribution in [0.25, 0.3) is 6.08 Å². The number of amides is 1. The molecule has 0 aliphatic carbocycles. The zero-order valence-corrected chi connectivity index (χ0v) is 19.4. The Bertz CT molecular complexity index is 1270. The van der Waals surface area contributed by atoms with Crippen LogP contribution in [0.15, 0.2) is 76.6 Å². The number of carbonyl (C=O) groups is 2. The van der Waals surface area contributed by atoms with E-state index in [1.54, 1.807) is 60.7 Å². The van der Waals surface area contributed by atoms with Crippen LogP contribution in [0.1, 0.15) is 21.5 Å². The molecule has 8 heteroatoms. The summed E-state index contributed by atoms with van der Waals surface area (Å²) in [5.74, 6) is -0.0905. The minimum absolute atomic E-state index is 0.260. The summed E-state index contributed by atoms with van der Waals surface area (Å²) in [7, 11) is 1.50. The van der Waals surface area contributed by atoms with Crippen LogP contribution >= 0.6 is 23.4 Å². The lowest BCUT2D eigenvalue weighted by molar-refractivity contribution is -0.115. The molecule has 0 spiro atoms. The van der Waals surface area contributed by atoms with E-state index >= 15 is 0 Å². The maximum absolute atomic E-state index is 12.6. The normalized spacial score (nSPS) is 15.5. The van der Waals surface area contributed by atoms with Crippen LogP contribution in [0, 0.1) is 6.92 Å². The maximum atomic E-state index is 12.6. The molecule has 0 aromatic heterocycles. The smallest absolute Gasteiger partial charge is 0.343 e. The van der Waals surface area contributed by atoms with E-state index in [0.717, 1.165) is 5.56 Å². The number of hydrogen-bond donors (Lipinski definition) is 1. The van der Waals surface area contributed by atoms with Crippen LogP contribution in [0.5, 0.6) is 11.5 Å². The van der Waals surface area contributed by atoms with E-state index in [-0.39, 0.29) is 11.7 Å². The van der Waals surface area contributed by atoms with E-state index in [2.05, 4.69) is 10.3 Å². The Morgan fingerprint density at radius 1 is 1.03 bits per heavy atom. The number of nitrogens with zero attached hydrogens (tertiary/aromatic N) is 1. The predicted octanol–water partition coefficient (Wildman–Crippen LogP) is 5.77. The Labute approximate surface area is 200 Å². The lowest BCUT2D eigenvalue weighted by atomic mass is 10.1. The van der Waals surface area contributed by atoms with Crippen molar-refractivity contribution in [3.63, 3.8) is 0 Å². The van der Waals surface area contributed by atoms with Crippen molar-refractivity contribution in [2.24, 2.45) is 4.99 Å². The molecule has 0 unspecified atom stereocenters. The minimum Gasteiger partial charge on any atom is -0.493 e. The topological polar surface area (TPSA) is 77.0 Å². The van der Waals surface area contributed by atoms with Crippen molar-refractivity contribution >= 4 is 52.2 Å². The third-order valence-electron chi connectivity index (χ3n) is 4.68. The molecular weight excluding hydrogens is 460 g/mol. The number of halogens is 1. The lowest BCUT2D eigenvalue weighted by Crippen LogP contribution is -2.19. The minimum atomic E-state index is -0.497. The lowest BCUT2D eigenvalue weighted by Gasteiger charge is -2.10. The number of aliphatic imine (C=N–C) groups is 1. The first kappa shape index (κ1) is 22.6. The number of benzene rings is 3. The molecule has 1 amide bonds. The van der Waals surface area contributed by atoms with Crippen LogP contribution in [-0.2, 0) is 4.79 Å². The summed E-state index contributed by atoms with van der Waals surface area (Å²) in [5, 5.41) is 3.82. The quantitative estimate of drug-likeness (QED) is 0.286. The summed E-state index contributed by atoms with van der Waals surface area (Å²) in [6.07, 6.45) is 1.70. The molecule has 3 aromatic rings. The van der Waals surface area contributed by atoms with Gasteiger partial charge < -0.3 is 14.8 Å². The van der Waals surface area contributed by atoms with Crippen LogP contribution in [0.2, 0.25) is 5.02 Å². The van der Waals surface area contributed by atoms with Crippen molar-refractivity contribution in [2.45, 2.75) is 6.92 Å². The fraction of sp³-hybridized carbons (Fsp3) is 0.0800. The van der Waals surface area contributed by atoms with E-state index in [1.807, 2.05) is 19.1 Å². The number of hydrogen-bond acceptors (Lipinski definition) is 6. The monoisotopic (exact) mass is 478 g/mol. The molecule has 33 heavy (non-hydrogen) atoms. The average molecular weight is 479 g/mol. The Balaban J connectivity index is 1.55. The second-order valence-electron chi connectivity index (χ2n) is 7.12. The van der Waals surface area contributed by atoms with Gasteiger partial charge in [-0.2, -0.15) is 0 Å². The fourth-order valence-electron chi connectivity index (χ4n) is 2.98. The summed E-state index contributed by atoms with van der Waals surface area (Å²) < 4.78 is 10.9. The third kappa shape index (κ3) is 5.63.